The summed E-state index contributed by atoms with van der Waals surface area (Å²) in [7, 11) is -3.10. The van der Waals surface area contributed by atoms with Gasteiger partial charge >= 0.3 is 0 Å². The Morgan fingerprint density at radius 1 is 1.16 bits per heavy atom. The molecule has 2 amide bonds. The van der Waals surface area contributed by atoms with Gasteiger partial charge in [-0.25, -0.2) is 8.42 Å². The van der Waals surface area contributed by atoms with E-state index in [4.69, 9.17) is 4.74 Å². The van der Waals surface area contributed by atoms with Crippen LogP contribution in [0.2, 0.25) is 0 Å². The summed E-state index contributed by atoms with van der Waals surface area (Å²) >= 11 is 0. The second kappa shape index (κ2) is 9.85. The van der Waals surface area contributed by atoms with Gasteiger partial charge in [-0.1, -0.05) is 6.08 Å². The Labute approximate surface area is 185 Å². The van der Waals surface area contributed by atoms with Crippen molar-refractivity contribution in [2.24, 2.45) is 0 Å². The van der Waals surface area contributed by atoms with Gasteiger partial charge in [-0.3, -0.25) is 9.59 Å². The van der Waals surface area contributed by atoms with E-state index in [1.165, 1.54) is 0 Å². The van der Waals surface area contributed by atoms with E-state index in [2.05, 4.69) is 20.4 Å². The van der Waals surface area contributed by atoms with Gasteiger partial charge in [0.25, 0.3) is 11.8 Å². The number of nitrogens with zero attached hydrogens (tertiary/aromatic N) is 2. The van der Waals surface area contributed by atoms with Gasteiger partial charge in [-0.2, -0.15) is 0 Å². The number of ether oxygens (including phenoxy) is 1. The first-order valence-electron chi connectivity index (χ1n) is 10.9. The second-order valence-corrected chi connectivity index (χ2v) is 10.8. The summed E-state index contributed by atoms with van der Waals surface area (Å²) in [5.74, 6) is 0.345. The number of amides is 2. The van der Waals surface area contributed by atoms with Crippen LogP contribution in [-0.4, -0.2) is 72.8 Å². The van der Waals surface area contributed by atoms with E-state index < -0.39 is 9.84 Å². The maximum Gasteiger partial charge on any atom is 0.260 e. The van der Waals surface area contributed by atoms with Gasteiger partial charge in [0, 0.05) is 30.2 Å². The van der Waals surface area contributed by atoms with Crippen LogP contribution >= 0.6 is 0 Å². The number of benzene rings is 1. The van der Waals surface area contributed by atoms with Crippen LogP contribution in [-0.2, 0) is 14.6 Å². The summed E-state index contributed by atoms with van der Waals surface area (Å²) in [6, 6.07) is 6.73. The number of carbonyl (C=O) groups is 2. The van der Waals surface area contributed by atoms with Gasteiger partial charge in [0.2, 0.25) is 0 Å². The predicted octanol–water partition coefficient (Wildman–Crippen LogP) is 2.67. The quantitative estimate of drug-likeness (QED) is 0.599. The fraction of sp³-hybridized carbons (Fsp3) is 0.565. The zero-order chi connectivity index (χ0) is 22.6. The van der Waals surface area contributed by atoms with E-state index in [-0.39, 0.29) is 54.6 Å². The first-order valence-corrected chi connectivity index (χ1v) is 12.7. The topological polar surface area (TPSA) is 84.0 Å². The molecular formula is C23H32N2O5S. The average molecular weight is 449 g/mol. The van der Waals surface area contributed by atoms with E-state index in [1.807, 2.05) is 4.90 Å². The lowest BCUT2D eigenvalue weighted by Gasteiger charge is -2.38. The van der Waals surface area contributed by atoms with Crippen molar-refractivity contribution in [3.63, 3.8) is 0 Å². The molecule has 3 unspecified atom stereocenters. The number of rotatable bonds is 7. The largest absolute Gasteiger partial charge is 0.484 e. The average Bonchev–Trinajstić information content (AvgIpc) is 3.09. The van der Waals surface area contributed by atoms with Gasteiger partial charge in [-0.05, 0) is 63.8 Å². The van der Waals surface area contributed by atoms with Crippen molar-refractivity contribution in [1.29, 1.82) is 0 Å². The van der Waals surface area contributed by atoms with Gasteiger partial charge in [-0.15, -0.1) is 6.58 Å². The minimum atomic E-state index is -3.10. The van der Waals surface area contributed by atoms with E-state index in [9.17, 15) is 18.0 Å². The summed E-state index contributed by atoms with van der Waals surface area (Å²) in [6.07, 6.45) is 5.21. The molecule has 0 N–H and O–H groups in total. The van der Waals surface area contributed by atoms with E-state index in [0.717, 1.165) is 19.3 Å². The highest BCUT2D eigenvalue weighted by atomic mass is 32.2. The Bertz CT molecular complexity index is 902. The lowest BCUT2D eigenvalue weighted by Crippen LogP contribution is -2.49. The van der Waals surface area contributed by atoms with E-state index >= 15 is 0 Å². The third-order valence-corrected chi connectivity index (χ3v) is 7.93. The smallest absolute Gasteiger partial charge is 0.260 e. The molecule has 2 aliphatic heterocycles. The molecule has 3 atom stereocenters. The minimum Gasteiger partial charge on any atom is -0.484 e. The molecule has 0 saturated carbocycles. The number of sulfone groups is 1. The van der Waals surface area contributed by atoms with Gasteiger partial charge < -0.3 is 14.5 Å². The molecule has 2 aliphatic rings. The van der Waals surface area contributed by atoms with Crippen molar-refractivity contribution < 1.29 is 22.7 Å². The van der Waals surface area contributed by atoms with Crippen molar-refractivity contribution in [3.8, 4) is 5.75 Å². The SMILES string of the molecule is C=CCN(C(=O)c1ccc(OCC(=O)N2C(C)CCCC2C)cc1)C1CCS(=O)(=O)C1. The van der Waals surface area contributed by atoms with Crippen LogP contribution in [0.4, 0.5) is 0 Å². The van der Waals surface area contributed by atoms with Gasteiger partial charge in [0.05, 0.1) is 11.5 Å². The molecule has 0 spiro atoms. The Hall–Kier alpha value is -2.35. The molecule has 170 valence electrons. The molecule has 2 saturated heterocycles. The molecular weight excluding hydrogens is 416 g/mol. The van der Waals surface area contributed by atoms with Crippen LogP contribution in [0.1, 0.15) is 49.9 Å². The molecule has 1 aromatic carbocycles. The van der Waals surface area contributed by atoms with Crippen molar-refractivity contribution in [2.45, 2.75) is 57.7 Å². The predicted molar refractivity (Wildman–Crippen MR) is 120 cm³/mol. The van der Waals surface area contributed by atoms with Crippen molar-refractivity contribution in [2.75, 3.05) is 24.7 Å². The summed E-state index contributed by atoms with van der Waals surface area (Å²) in [4.78, 5) is 29.1. The highest BCUT2D eigenvalue weighted by Crippen LogP contribution is 2.24. The van der Waals surface area contributed by atoms with Crippen LogP contribution < -0.4 is 4.74 Å². The maximum atomic E-state index is 13.0. The molecule has 31 heavy (non-hydrogen) atoms. The number of piperidine rings is 1. The molecule has 0 radical (unpaired) electrons. The van der Waals surface area contributed by atoms with Gasteiger partial charge in [0.15, 0.2) is 16.4 Å². The van der Waals surface area contributed by atoms with Crippen LogP contribution in [0, 0.1) is 0 Å². The van der Waals surface area contributed by atoms with Crippen LogP contribution in [0.5, 0.6) is 5.75 Å². The molecule has 2 fully saturated rings. The van der Waals surface area contributed by atoms with Crippen molar-refractivity contribution in [1.82, 2.24) is 9.80 Å². The molecule has 2 heterocycles. The van der Waals surface area contributed by atoms with Crippen molar-refractivity contribution >= 4 is 21.7 Å². The Kier molecular flexibility index (Phi) is 7.41. The molecule has 7 nitrogen and oxygen atoms in total. The lowest BCUT2D eigenvalue weighted by atomic mass is 9.97. The summed E-state index contributed by atoms with van der Waals surface area (Å²) in [6.45, 7) is 8.08. The third-order valence-electron chi connectivity index (χ3n) is 6.18. The first-order chi connectivity index (χ1) is 14.7. The molecule has 3 rings (SSSR count). The highest BCUT2D eigenvalue weighted by Gasteiger charge is 2.34. The Morgan fingerprint density at radius 3 is 2.35 bits per heavy atom. The minimum absolute atomic E-state index is 0.0107. The third kappa shape index (κ3) is 5.67. The standard InChI is InChI=1S/C23H32N2O5S/c1-4-13-24(20-12-14-31(28,29)16-20)23(27)19-8-10-21(11-9-19)30-15-22(26)25-17(2)6-5-7-18(25)3/h4,8-11,17-18,20H,1,5-7,12-16H2,2-3H3. The van der Waals surface area contributed by atoms with Crippen molar-refractivity contribution in [3.05, 3.63) is 42.5 Å². The molecule has 0 aromatic heterocycles. The number of hydrogen-bond donors (Lipinski definition) is 0. The lowest BCUT2D eigenvalue weighted by molar-refractivity contribution is -0.139. The fourth-order valence-electron chi connectivity index (χ4n) is 4.55. The second-order valence-electron chi connectivity index (χ2n) is 8.55. The highest BCUT2D eigenvalue weighted by molar-refractivity contribution is 7.91. The number of likely N-dealkylation sites (tertiary alicyclic amines) is 1. The monoisotopic (exact) mass is 448 g/mol. The molecule has 0 bridgehead atoms. The molecule has 0 aliphatic carbocycles. The Morgan fingerprint density at radius 2 is 1.81 bits per heavy atom. The number of carbonyl (C=O) groups excluding carboxylic acids is 2. The molecule has 8 heteroatoms. The summed E-state index contributed by atoms with van der Waals surface area (Å²) in [5.41, 5.74) is 0.447. The van der Waals surface area contributed by atoms with Crippen LogP contribution in [0.25, 0.3) is 0 Å². The molecule has 1 aromatic rings. The summed E-state index contributed by atoms with van der Waals surface area (Å²) < 4.78 is 29.3. The van der Waals surface area contributed by atoms with Crippen LogP contribution in [0.15, 0.2) is 36.9 Å². The number of hydrogen-bond acceptors (Lipinski definition) is 5. The van der Waals surface area contributed by atoms with E-state index in [1.54, 1.807) is 35.2 Å². The van der Waals surface area contributed by atoms with E-state index in [0.29, 0.717) is 17.7 Å². The fourth-order valence-corrected chi connectivity index (χ4v) is 6.28. The maximum absolute atomic E-state index is 13.0. The summed E-state index contributed by atoms with van der Waals surface area (Å²) in [5, 5.41) is 0. The Balaban J connectivity index is 1.61. The zero-order valence-electron chi connectivity index (χ0n) is 18.3. The first kappa shape index (κ1) is 23.3. The van der Waals surface area contributed by atoms with Crippen LogP contribution in [0.3, 0.4) is 0 Å². The normalized spacial score (nSPS) is 25.1. The van der Waals surface area contributed by atoms with Gasteiger partial charge in [0.1, 0.15) is 5.75 Å². The zero-order valence-corrected chi connectivity index (χ0v) is 19.1.